The smallest absolute Gasteiger partial charge is 0.339 e. The van der Waals surface area contributed by atoms with E-state index in [2.05, 4.69) is 59.2 Å². The Balaban J connectivity index is 0.909. The molecule has 9 aliphatic heterocycles. The molecule has 9 fully saturated rings. The van der Waals surface area contributed by atoms with Gasteiger partial charge in [0.05, 0.1) is 11.0 Å². The van der Waals surface area contributed by atoms with Crippen molar-refractivity contribution in [1.29, 1.82) is 0 Å². The van der Waals surface area contributed by atoms with Crippen molar-refractivity contribution in [3.63, 3.8) is 0 Å². The first kappa shape index (κ1) is 48.0. The third kappa shape index (κ3) is 5.40. The molecular weight excluding hydrogens is 963 g/mol. The number of rotatable bonds is 5. The Labute approximate surface area is 464 Å². The molecule has 18 unspecified atom stereocenters. The average Bonchev–Trinajstić information content (AvgIpc) is 1.34. The monoisotopic (exact) mass is 1050 g/mol. The summed E-state index contributed by atoms with van der Waals surface area (Å²) in [5, 5.41) is 14.3. The molecule has 11 aliphatic carbocycles. The molecule has 1 aromatic carbocycles. The zero-order valence-corrected chi connectivity index (χ0v) is 47.1. The van der Waals surface area contributed by atoms with Crippen molar-refractivity contribution in [3.05, 3.63) is 93.1 Å². The second-order valence-corrected chi connectivity index (χ2v) is 30.9. The number of nitrogens with zero attached hydrogens (tertiary/aromatic N) is 2. The number of ether oxygens (including phenoxy) is 2. The number of allylic oxidation sites excluding steroid dienone is 5. The fourth-order valence-electron chi connectivity index (χ4n) is 26.9. The summed E-state index contributed by atoms with van der Waals surface area (Å²) < 4.78 is 15.0. The Bertz CT molecular complexity index is 2990. The van der Waals surface area contributed by atoms with Crippen molar-refractivity contribution in [2.24, 2.45) is 97.4 Å². The molecule has 0 aromatic heterocycles. The van der Waals surface area contributed by atoms with Crippen LogP contribution in [0.1, 0.15) is 202 Å². The van der Waals surface area contributed by atoms with Crippen LogP contribution in [0.3, 0.4) is 0 Å². The Morgan fingerprint density at radius 1 is 0.821 bits per heavy atom. The number of fused-ring (bicyclic) bond motifs is 4. The molecule has 0 radical (unpaired) electrons. The minimum absolute atomic E-state index is 0.0795. The molecule has 8 heteroatoms. The summed E-state index contributed by atoms with van der Waals surface area (Å²) in [5.74, 6) is 4.19. The summed E-state index contributed by atoms with van der Waals surface area (Å²) in [7, 11) is 0. The predicted molar refractivity (Wildman–Crippen MR) is 300 cm³/mol. The maximum absolute atomic E-state index is 16.9. The largest absolute Gasteiger partial charge is 0.509 e. The lowest BCUT2D eigenvalue weighted by Crippen LogP contribution is -2.78. The van der Waals surface area contributed by atoms with E-state index in [9.17, 15) is 5.11 Å². The molecule has 414 valence electrons. The highest BCUT2D eigenvalue weighted by Crippen LogP contribution is 2.89. The molecule has 78 heavy (non-hydrogen) atoms. The van der Waals surface area contributed by atoms with Crippen molar-refractivity contribution in [2.75, 3.05) is 26.2 Å². The van der Waals surface area contributed by atoms with Gasteiger partial charge in [-0.3, -0.25) is 9.69 Å². The molecule has 1 aromatic rings. The van der Waals surface area contributed by atoms with E-state index in [-0.39, 0.29) is 41.1 Å². The van der Waals surface area contributed by atoms with Gasteiger partial charge in [0.1, 0.15) is 11.2 Å². The van der Waals surface area contributed by atoms with E-state index < -0.39 is 16.4 Å². The fourth-order valence-corrected chi connectivity index (χ4v) is 26.9. The normalized spacial score (nSPS) is 49.2. The number of aryl methyl sites for hydroxylation is 1. The molecule has 20 aliphatic rings. The molecule has 6 saturated carbocycles. The second-order valence-electron chi connectivity index (χ2n) is 30.9. The van der Waals surface area contributed by atoms with Crippen molar-refractivity contribution in [3.8, 4) is 0 Å². The van der Waals surface area contributed by atoms with Crippen molar-refractivity contribution in [2.45, 2.75) is 204 Å². The van der Waals surface area contributed by atoms with Crippen molar-refractivity contribution in [1.82, 2.24) is 9.80 Å². The van der Waals surface area contributed by atoms with Crippen LogP contribution in [-0.4, -0.2) is 65.1 Å². The van der Waals surface area contributed by atoms with E-state index in [4.69, 9.17) is 15.2 Å². The molecule has 18 atom stereocenters. The minimum Gasteiger partial charge on any atom is -0.509 e. The minimum atomic E-state index is -1.16. The third-order valence-corrected chi connectivity index (χ3v) is 28.8. The zero-order chi connectivity index (χ0) is 51.9. The first-order valence-electron chi connectivity index (χ1n) is 33.1. The van der Waals surface area contributed by atoms with Crippen LogP contribution in [0.4, 0.5) is 0 Å². The van der Waals surface area contributed by atoms with Gasteiger partial charge >= 0.3 is 11.9 Å². The number of hydrogen-bond acceptors (Lipinski definition) is 8. The Kier molecular flexibility index (Phi) is 9.92. The highest BCUT2D eigenvalue weighted by atomic mass is 16.6. The number of esters is 2. The number of aliphatic hydroxyl groups is 1. The number of piperidine rings is 2. The summed E-state index contributed by atoms with van der Waals surface area (Å²) in [6.07, 6.45) is 43.6. The quantitative estimate of drug-likeness (QED) is 0.222. The van der Waals surface area contributed by atoms with Crippen LogP contribution in [0.25, 0.3) is 0 Å². The van der Waals surface area contributed by atoms with E-state index in [1.165, 1.54) is 140 Å². The van der Waals surface area contributed by atoms with E-state index in [0.717, 1.165) is 56.4 Å². The van der Waals surface area contributed by atoms with Gasteiger partial charge in [0, 0.05) is 66.7 Å². The molecular formula is C70H89N3O5. The summed E-state index contributed by atoms with van der Waals surface area (Å²) in [6.45, 7) is 6.44. The standard InChI is InChI=1S/C70H89N3O5/c1-41-31-47-19-20-53-48-32-42-36-72(38-48)56(64-28-21-49-15-8-25-66(49)26-10-27-67(66,40-64)65(39-64)23-5-6-24-65)35-54(74)61-68-29-22-50-58(60(47)73(53)37-42)51(41)33-46-18-17-45(43-11-3-2-4-12-43)34-55(69(68,59(46)50)63(76)77-61)70(68)52-16-7-13-44(14-9-30-71)57(52)62(75)78-70/h7,13,16-18,21,28,41-43,45-46,48-49,51,53,55-56,58,74H,2-6,8-12,14-15,19-20,22-27,29-40,71H2,1H3. The molecule has 14 bridgehead atoms. The number of aliphatic hydroxyl groups excluding tert-OH is 1. The zero-order valence-electron chi connectivity index (χ0n) is 47.1. The molecule has 3 saturated heterocycles. The SMILES string of the molecule is CC1CC2=C3C4C5=C6C(C=CC(C7CCCCC7)CC7C68C(=O)OC(=C(O)CC(C69C=CC%10CCCC%10%11CCCC%11(C6)C6(CCCC6)C9)N6CC9CC(C6)C(CC2)N3C9)C8(CC5)C72OC(=O)c3c(CCCN)cccc32)CC14. The van der Waals surface area contributed by atoms with Crippen LogP contribution in [0, 0.1) is 91.7 Å². The van der Waals surface area contributed by atoms with E-state index in [0.29, 0.717) is 107 Å². The predicted octanol–water partition coefficient (Wildman–Crippen LogP) is 13.7. The lowest BCUT2D eigenvalue weighted by atomic mass is 9.27. The van der Waals surface area contributed by atoms with Gasteiger partial charge in [-0.2, -0.15) is 0 Å². The van der Waals surface area contributed by atoms with Crippen LogP contribution < -0.4 is 5.73 Å². The van der Waals surface area contributed by atoms with E-state index in [1.807, 2.05) is 0 Å². The molecule has 9 heterocycles. The number of carbonyl (C=O) groups excluding carboxylic acids is 2. The summed E-state index contributed by atoms with van der Waals surface area (Å²) in [4.78, 5) is 38.4. The lowest BCUT2D eigenvalue weighted by molar-refractivity contribution is -0.282. The summed E-state index contributed by atoms with van der Waals surface area (Å²) in [5.41, 5.74) is 12.9. The second kappa shape index (κ2) is 16.1. The number of carbonyl (C=O) groups is 2. The number of benzene rings is 1. The van der Waals surface area contributed by atoms with Crippen LogP contribution in [0.5, 0.6) is 0 Å². The Morgan fingerprint density at radius 3 is 2.56 bits per heavy atom. The van der Waals surface area contributed by atoms with Gasteiger partial charge in [0.25, 0.3) is 0 Å². The first-order chi connectivity index (χ1) is 38.1. The maximum atomic E-state index is 16.9. The van der Waals surface area contributed by atoms with Crippen molar-refractivity contribution < 1.29 is 24.2 Å². The Morgan fingerprint density at radius 2 is 1.69 bits per heavy atom. The average molecular weight is 1050 g/mol. The van der Waals surface area contributed by atoms with Crippen molar-refractivity contribution >= 4 is 11.9 Å². The molecule has 6 spiro atoms. The molecule has 21 rings (SSSR count). The fraction of sp³-hybridized carbons (Fsp3) is 0.743. The van der Waals surface area contributed by atoms with Crippen LogP contribution in [0.2, 0.25) is 0 Å². The lowest BCUT2D eigenvalue weighted by Gasteiger charge is -2.73. The van der Waals surface area contributed by atoms with Gasteiger partial charge in [-0.1, -0.05) is 106 Å². The molecule has 3 N–H and O–H groups in total. The van der Waals surface area contributed by atoms with Gasteiger partial charge in [0.15, 0.2) is 11.4 Å². The highest BCUT2D eigenvalue weighted by molar-refractivity contribution is 6.00. The Hall–Kier alpha value is -3.62. The van der Waals surface area contributed by atoms with Gasteiger partial charge in [-0.05, 0) is 210 Å². The van der Waals surface area contributed by atoms with Gasteiger partial charge < -0.3 is 25.2 Å². The van der Waals surface area contributed by atoms with E-state index >= 15 is 9.59 Å². The summed E-state index contributed by atoms with van der Waals surface area (Å²) in [6, 6.07) is 7.13. The topological polar surface area (TPSA) is 105 Å². The number of nitrogens with two attached hydrogens (primary N) is 1. The summed E-state index contributed by atoms with van der Waals surface area (Å²) >= 11 is 0. The maximum Gasteiger partial charge on any atom is 0.339 e. The number of hydrogen-bond donors (Lipinski definition) is 2. The van der Waals surface area contributed by atoms with Gasteiger partial charge in [-0.25, -0.2) is 4.79 Å². The third-order valence-electron chi connectivity index (χ3n) is 28.8. The first-order valence-corrected chi connectivity index (χ1v) is 33.1. The molecule has 8 nitrogen and oxygen atoms in total. The van der Waals surface area contributed by atoms with Gasteiger partial charge in [-0.15, -0.1) is 0 Å². The van der Waals surface area contributed by atoms with Gasteiger partial charge in [0.2, 0.25) is 0 Å². The van der Waals surface area contributed by atoms with Crippen LogP contribution >= 0.6 is 0 Å². The van der Waals surface area contributed by atoms with E-state index in [1.54, 1.807) is 16.8 Å². The van der Waals surface area contributed by atoms with Crippen LogP contribution in [-0.2, 0) is 26.3 Å². The highest BCUT2D eigenvalue weighted by Gasteiger charge is 2.94. The molecule has 0 amide bonds. The van der Waals surface area contributed by atoms with Crippen LogP contribution in [0.15, 0.2) is 76.4 Å².